The van der Waals surface area contributed by atoms with Gasteiger partial charge in [-0.3, -0.25) is 0 Å². The van der Waals surface area contributed by atoms with Crippen LogP contribution in [0.15, 0.2) is 0 Å². The molecule has 89 valence electrons. The van der Waals surface area contributed by atoms with Gasteiger partial charge in [0.2, 0.25) is 0 Å². The lowest BCUT2D eigenvalue weighted by Crippen LogP contribution is -2.59. The summed E-state index contributed by atoms with van der Waals surface area (Å²) in [6.45, 7) is 2.89. The number of aliphatic hydroxyl groups is 4. The summed E-state index contributed by atoms with van der Waals surface area (Å²) in [7, 11) is 0. The van der Waals surface area contributed by atoms with Gasteiger partial charge in [-0.2, -0.15) is 0 Å². The molecular weight excluding hydrogens is 204 g/mol. The number of hydrogen-bond acceptors (Lipinski definition) is 6. The first-order chi connectivity index (χ1) is 6.97. The van der Waals surface area contributed by atoms with Crippen molar-refractivity contribution in [3.05, 3.63) is 6.10 Å². The zero-order valence-corrected chi connectivity index (χ0v) is 8.70. The summed E-state index contributed by atoms with van der Waals surface area (Å²) in [6, 6.07) is 0. The highest BCUT2D eigenvalue weighted by Gasteiger charge is 2.44. The van der Waals surface area contributed by atoms with Crippen molar-refractivity contribution < 1.29 is 29.9 Å². The van der Waals surface area contributed by atoms with E-state index in [0.717, 1.165) is 0 Å². The van der Waals surface area contributed by atoms with Gasteiger partial charge in [0, 0.05) is 0 Å². The second kappa shape index (κ2) is 5.20. The maximum absolute atomic E-state index is 9.52. The lowest BCUT2D eigenvalue weighted by atomic mass is 9.99. The van der Waals surface area contributed by atoms with E-state index in [1.165, 1.54) is 0 Å². The third-order valence-corrected chi connectivity index (χ3v) is 2.20. The minimum atomic E-state index is -1.39. The molecule has 1 aliphatic rings. The summed E-state index contributed by atoms with van der Waals surface area (Å²) < 4.78 is 10.2. The molecule has 0 bridgehead atoms. The van der Waals surface area contributed by atoms with Crippen molar-refractivity contribution in [2.75, 3.05) is 6.61 Å². The van der Waals surface area contributed by atoms with Gasteiger partial charge in [0.05, 0.1) is 12.7 Å². The number of ether oxygens (including phenoxy) is 2. The van der Waals surface area contributed by atoms with Crippen molar-refractivity contribution in [2.45, 2.75) is 44.6 Å². The molecule has 0 unspecified atom stereocenters. The molecule has 6 heteroatoms. The van der Waals surface area contributed by atoms with Gasteiger partial charge >= 0.3 is 0 Å². The molecule has 0 aliphatic carbocycles. The fourth-order valence-electron chi connectivity index (χ4n) is 1.40. The molecule has 6 nitrogen and oxygen atoms in total. The number of rotatable bonds is 3. The molecule has 1 saturated heterocycles. The van der Waals surface area contributed by atoms with Crippen LogP contribution in [-0.2, 0) is 9.47 Å². The van der Waals surface area contributed by atoms with Crippen LogP contribution in [0.5, 0.6) is 0 Å². The summed E-state index contributed by atoms with van der Waals surface area (Å²) in [5.74, 6) is 0. The fraction of sp³-hybridized carbons (Fsp3) is 0.889. The molecule has 1 aliphatic heterocycles. The van der Waals surface area contributed by atoms with Gasteiger partial charge in [-0.05, 0) is 13.8 Å². The van der Waals surface area contributed by atoms with Gasteiger partial charge in [0.15, 0.2) is 6.29 Å². The fourth-order valence-corrected chi connectivity index (χ4v) is 1.40. The van der Waals surface area contributed by atoms with Crippen molar-refractivity contribution in [1.29, 1.82) is 0 Å². The molecule has 1 radical (unpaired) electrons. The van der Waals surface area contributed by atoms with Crippen LogP contribution in [0.25, 0.3) is 0 Å². The van der Waals surface area contributed by atoms with Crippen LogP contribution in [-0.4, -0.2) is 57.7 Å². The van der Waals surface area contributed by atoms with Gasteiger partial charge in [0.1, 0.15) is 24.4 Å². The Kier molecular flexibility index (Phi) is 4.45. The summed E-state index contributed by atoms with van der Waals surface area (Å²) >= 11 is 0. The highest BCUT2D eigenvalue weighted by molar-refractivity contribution is 4.89. The largest absolute Gasteiger partial charge is 0.394 e. The Morgan fingerprint density at radius 3 is 2.20 bits per heavy atom. The minimum Gasteiger partial charge on any atom is -0.394 e. The van der Waals surface area contributed by atoms with Crippen LogP contribution in [0, 0.1) is 6.10 Å². The maximum atomic E-state index is 9.52. The topological polar surface area (TPSA) is 99.4 Å². The zero-order valence-electron chi connectivity index (χ0n) is 8.70. The van der Waals surface area contributed by atoms with Crippen LogP contribution in [0.1, 0.15) is 13.8 Å². The van der Waals surface area contributed by atoms with E-state index in [9.17, 15) is 15.3 Å². The first kappa shape index (κ1) is 12.8. The van der Waals surface area contributed by atoms with Gasteiger partial charge in [-0.15, -0.1) is 0 Å². The summed E-state index contributed by atoms with van der Waals surface area (Å²) in [6.07, 6.45) is -5.50. The summed E-state index contributed by atoms with van der Waals surface area (Å²) in [4.78, 5) is 0. The molecule has 1 heterocycles. The monoisotopic (exact) mass is 221 g/mol. The number of aliphatic hydroxyl groups excluding tert-OH is 4. The second-order valence-corrected chi connectivity index (χ2v) is 3.72. The van der Waals surface area contributed by atoms with E-state index in [2.05, 4.69) is 0 Å². The SMILES string of the molecule is C[C](C)O[C@H]1O[C@H](CO)[C@@H](O)[C@H](O)[C@H]1O. The molecule has 5 atom stereocenters. The van der Waals surface area contributed by atoms with Gasteiger partial charge in [-0.25, -0.2) is 0 Å². The predicted octanol–water partition coefficient (Wildman–Crippen LogP) is -1.63. The Labute approximate surface area is 88.1 Å². The highest BCUT2D eigenvalue weighted by Crippen LogP contribution is 2.23. The summed E-state index contributed by atoms with van der Waals surface area (Å²) in [5.41, 5.74) is 0. The molecule has 0 amide bonds. The smallest absolute Gasteiger partial charge is 0.187 e. The third kappa shape index (κ3) is 2.87. The van der Waals surface area contributed by atoms with Gasteiger partial charge < -0.3 is 29.9 Å². The molecule has 0 aromatic heterocycles. The Morgan fingerprint density at radius 2 is 1.73 bits per heavy atom. The average Bonchev–Trinajstić information content (AvgIpc) is 2.18. The first-order valence-electron chi connectivity index (χ1n) is 4.74. The van der Waals surface area contributed by atoms with E-state index in [1.54, 1.807) is 13.8 Å². The Hall–Kier alpha value is -0.240. The molecule has 15 heavy (non-hydrogen) atoms. The lowest BCUT2D eigenvalue weighted by Gasteiger charge is -2.40. The second-order valence-electron chi connectivity index (χ2n) is 3.72. The van der Waals surface area contributed by atoms with Crippen molar-refractivity contribution >= 4 is 0 Å². The predicted molar refractivity (Wildman–Crippen MR) is 49.4 cm³/mol. The Bertz CT molecular complexity index is 195. The maximum Gasteiger partial charge on any atom is 0.187 e. The standard InChI is InChI=1S/C9H17O6/c1-4(2)14-9-8(13)7(12)6(11)5(3-10)15-9/h5-13H,3H2,1-2H3/t5-,6-,7+,8-,9+/m1/s1. The van der Waals surface area contributed by atoms with Crippen LogP contribution in [0.2, 0.25) is 0 Å². The molecule has 0 aromatic carbocycles. The zero-order chi connectivity index (χ0) is 11.6. The Morgan fingerprint density at radius 1 is 1.13 bits per heavy atom. The van der Waals surface area contributed by atoms with E-state index in [1.807, 2.05) is 0 Å². The first-order valence-corrected chi connectivity index (χ1v) is 4.74. The molecule has 1 rings (SSSR count). The third-order valence-electron chi connectivity index (χ3n) is 2.20. The normalized spacial score (nSPS) is 42.2. The van der Waals surface area contributed by atoms with Crippen molar-refractivity contribution in [3.8, 4) is 0 Å². The molecule has 0 aromatic rings. The number of hydrogen-bond donors (Lipinski definition) is 4. The van der Waals surface area contributed by atoms with Crippen molar-refractivity contribution in [1.82, 2.24) is 0 Å². The molecular formula is C9H17O6. The minimum absolute atomic E-state index is 0.451. The Balaban J connectivity index is 2.65. The molecule has 0 saturated carbocycles. The van der Waals surface area contributed by atoms with E-state index >= 15 is 0 Å². The van der Waals surface area contributed by atoms with Gasteiger partial charge in [0.25, 0.3) is 0 Å². The molecule has 4 N–H and O–H groups in total. The average molecular weight is 221 g/mol. The van der Waals surface area contributed by atoms with Crippen molar-refractivity contribution in [3.63, 3.8) is 0 Å². The van der Waals surface area contributed by atoms with Crippen molar-refractivity contribution in [2.24, 2.45) is 0 Å². The van der Waals surface area contributed by atoms with Crippen LogP contribution in [0.4, 0.5) is 0 Å². The van der Waals surface area contributed by atoms with Crippen LogP contribution < -0.4 is 0 Å². The summed E-state index contributed by atoms with van der Waals surface area (Å²) in [5, 5.41) is 37.2. The van der Waals surface area contributed by atoms with E-state index < -0.39 is 37.3 Å². The van der Waals surface area contributed by atoms with Crippen LogP contribution >= 0.6 is 0 Å². The van der Waals surface area contributed by atoms with E-state index in [-0.39, 0.29) is 0 Å². The molecule has 1 fully saturated rings. The lowest BCUT2D eigenvalue weighted by molar-refractivity contribution is -0.297. The van der Waals surface area contributed by atoms with Gasteiger partial charge in [-0.1, -0.05) is 0 Å². The van der Waals surface area contributed by atoms with Crippen LogP contribution in [0.3, 0.4) is 0 Å². The van der Waals surface area contributed by atoms with E-state index in [4.69, 9.17) is 14.6 Å². The quantitative estimate of drug-likeness (QED) is 0.457. The van der Waals surface area contributed by atoms with E-state index in [0.29, 0.717) is 6.10 Å². The highest BCUT2D eigenvalue weighted by atomic mass is 16.7. The molecule has 0 spiro atoms.